The maximum absolute atomic E-state index is 13.0. The Morgan fingerprint density at radius 3 is 1.67 bits per heavy atom. The van der Waals surface area contributed by atoms with Gasteiger partial charge in [-0.05, 0) is 48.1 Å². The second kappa shape index (κ2) is 7.16. The van der Waals surface area contributed by atoms with Crippen LogP contribution >= 0.6 is 0 Å². The van der Waals surface area contributed by atoms with Crippen LogP contribution in [-0.4, -0.2) is 23.1 Å². The summed E-state index contributed by atoms with van der Waals surface area (Å²) in [6.07, 6.45) is 1.01. The molecule has 0 aliphatic heterocycles. The summed E-state index contributed by atoms with van der Waals surface area (Å²) in [4.78, 5) is 0.199. The van der Waals surface area contributed by atoms with Crippen LogP contribution in [0.3, 0.4) is 0 Å². The van der Waals surface area contributed by atoms with Gasteiger partial charge in [-0.3, -0.25) is 9.44 Å². The van der Waals surface area contributed by atoms with Crippen LogP contribution in [0.2, 0.25) is 0 Å². The Morgan fingerprint density at radius 1 is 0.815 bits per heavy atom. The predicted molar refractivity (Wildman–Crippen MR) is 110 cm³/mol. The molecule has 0 heterocycles. The van der Waals surface area contributed by atoms with E-state index < -0.39 is 20.0 Å². The number of aryl methyl sites for hydroxylation is 2. The minimum atomic E-state index is -3.90. The van der Waals surface area contributed by atoms with E-state index >= 15 is 0 Å². The van der Waals surface area contributed by atoms with Gasteiger partial charge in [0.25, 0.3) is 10.0 Å². The van der Waals surface area contributed by atoms with E-state index in [2.05, 4.69) is 30.2 Å². The van der Waals surface area contributed by atoms with Crippen LogP contribution in [0.5, 0.6) is 0 Å². The van der Waals surface area contributed by atoms with Crippen molar-refractivity contribution in [3.63, 3.8) is 0 Å². The summed E-state index contributed by atoms with van der Waals surface area (Å²) in [5, 5.41) is 0. The molecule has 0 fully saturated rings. The number of nitrogens with one attached hydrogen (secondary N) is 2. The second-order valence-electron chi connectivity index (χ2n) is 7.71. The van der Waals surface area contributed by atoms with E-state index in [4.69, 9.17) is 0 Å². The monoisotopic (exact) mass is 410 g/mol. The zero-order valence-corrected chi connectivity index (χ0v) is 18.0. The number of para-hydroxylation sites is 2. The molecule has 0 bridgehead atoms. The van der Waals surface area contributed by atoms with Crippen molar-refractivity contribution in [3.8, 4) is 0 Å². The normalized spacial score (nSPS) is 12.7. The maximum Gasteiger partial charge on any atom is 0.262 e. The fraction of sp³-hybridized carbons (Fsp3) is 0.368. The summed E-state index contributed by atoms with van der Waals surface area (Å²) < 4.78 is 54.0. The topological polar surface area (TPSA) is 92.3 Å². The largest absolute Gasteiger partial charge is 0.282 e. The fourth-order valence-electron chi connectivity index (χ4n) is 2.86. The van der Waals surface area contributed by atoms with E-state index in [-0.39, 0.29) is 21.7 Å². The molecule has 0 aromatic heterocycles. The minimum Gasteiger partial charge on any atom is -0.282 e. The average Bonchev–Trinajstić information content (AvgIpc) is 2.45. The van der Waals surface area contributed by atoms with Crippen molar-refractivity contribution in [1.29, 1.82) is 0 Å². The molecule has 0 saturated heterocycles. The highest BCUT2D eigenvalue weighted by molar-refractivity contribution is 7.93. The van der Waals surface area contributed by atoms with Crippen molar-refractivity contribution < 1.29 is 16.8 Å². The van der Waals surface area contributed by atoms with Gasteiger partial charge < -0.3 is 0 Å². The number of hydrogen-bond acceptors (Lipinski definition) is 4. The van der Waals surface area contributed by atoms with Crippen molar-refractivity contribution in [3.05, 3.63) is 53.1 Å². The highest BCUT2D eigenvalue weighted by atomic mass is 32.2. The van der Waals surface area contributed by atoms with Crippen LogP contribution in [0.4, 0.5) is 11.4 Å². The number of benzene rings is 2. The Labute approximate surface area is 162 Å². The molecule has 0 saturated carbocycles. The van der Waals surface area contributed by atoms with E-state index in [0.717, 1.165) is 11.8 Å². The Kier molecular flexibility index (Phi) is 5.64. The molecule has 0 unspecified atom stereocenters. The van der Waals surface area contributed by atoms with Gasteiger partial charge in [0, 0.05) is 0 Å². The lowest BCUT2D eigenvalue weighted by molar-refractivity contribution is 0.585. The van der Waals surface area contributed by atoms with E-state index in [1.165, 1.54) is 12.1 Å². The molecule has 6 nitrogen and oxygen atoms in total. The Bertz CT molecular complexity index is 1040. The smallest absolute Gasteiger partial charge is 0.262 e. The lowest BCUT2D eigenvalue weighted by Crippen LogP contribution is -2.19. The van der Waals surface area contributed by atoms with E-state index in [9.17, 15) is 16.8 Å². The summed E-state index contributed by atoms with van der Waals surface area (Å²) in [6, 6.07) is 10.0. The Hall–Kier alpha value is -2.06. The summed E-state index contributed by atoms with van der Waals surface area (Å²) in [6.45, 7) is 9.73. The molecule has 2 rings (SSSR count). The first-order valence-electron chi connectivity index (χ1n) is 8.42. The molecule has 27 heavy (non-hydrogen) atoms. The van der Waals surface area contributed by atoms with E-state index in [1.807, 2.05) is 12.1 Å². The van der Waals surface area contributed by atoms with Crippen molar-refractivity contribution >= 4 is 31.4 Å². The molecule has 0 aliphatic rings. The zero-order chi connectivity index (χ0) is 20.6. The second-order valence-corrected chi connectivity index (χ2v) is 11.1. The standard InChI is InChI=1S/C19H26N2O4S2/c1-13-11-15(19(3,4)5)12-14(2)18(13)27(24,25)21-17-10-8-7-9-16(17)20-26(6,22)23/h7-12,20-21H,1-6H3. The van der Waals surface area contributed by atoms with E-state index in [1.54, 1.807) is 26.0 Å². The Balaban J connectivity index is 2.51. The quantitative estimate of drug-likeness (QED) is 0.785. The van der Waals surface area contributed by atoms with Gasteiger partial charge in [-0.2, -0.15) is 0 Å². The van der Waals surface area contributed by atoms with Crippen LogP contribution in [0.25, 0.3) is 0 Å². The highest BCUT2D eigenvalue weighted by Gasteiger charge is 2.24. The third-order valence-electron chi connectivity index (χ3n) is 4.06. The van der Waals surface area contributed by atoms with Crippen LogP contribution in [0, 0.1) is 13.8 Å². The lowest BCUT2D eigenvalue weighted by Gasteiger charge is -2.22. The molecule has 0 spiro atoms. The molecule has 8 heteroatoms. The molecule has 2 aromatic carbocycles. The number of hydrogen-bond donors (Lipinski definition) is 2. The van der Waals surface area contributed by atoms with Crippen LogP contribution < -0.4 is 9.44 Å². The summed E-state index contributed by atoms with van der Waals surface area (Å²) in [7, 11) is -7.44. The number of anilines is 2. The third-order valence-corrected chi connectivity index (χ3v) is 6.32. The Morgan fingerprint density at radius 2 is 1.26 bits per heavy atom. The van der Waals surface area contributed by atoms with Gasteiger partial charge in [-0.1, -0.05) is 45.0 Å². The molecule has 0 amide bonds. The SMILES string of the molecule is Cc1cc(C(C)(C)C)cc(C)c1S(=O)(=O)Nc1ccccc1NS(C)(=O)=O. The number of sulfonamides is 2. The van der Waals surface area contributed by atoms with Crippen molar-refractivity contribution in [2.75, 3.05) is 15.7 Å². The average molecular weight is 411 g/mol. The molecule has 2 N–H and O–H groups in total. The summed E-state index contributed by atoms with van der Waals surface area (Å²) >= 11 is 0. The van der Waals surface area contributed by atoms with Gasteiger partial charge >= 0.3 is 0 Å². The van der Waals surface area contributed by atoms with Gasteiger partial charge in [-0.15, -0.1) is 0 Å². The minimum absolute atomic E-state index is 0.1000. The van der Waals surface area contributed by atoms with Gasteiger partial charge in [-0.25, -0.2) is 16.8 Å². The first-order valence-corrected chi connectivity index (χ1v) is 11.8. The molecule has 2 aromatic rings. The molecule has 148 valence electrons. The van der Waals surface area contributed by atoms with Crippen molar-refractivity contribution in [1.82, 2.24) is 0 Å². The van der Waals surface area contributed by atoms with Crippen LogP contribution in [-0.2, 0) is 25.5 Å². The molecular weight excluding hydrogens is 384 g/mol. The number of rotatable bonds is 5. The van der Waals surface area contributed by atoms with E-state index in [0.29, 0.717) is 11.1 Å². The molecule has 0 atom stereocenters. The molecular formula is C19H26N2O4S2. The van der Waals surface area contributed by atoms with Gasteiger partial charge in [0.2, 0.25) is 10.0 Å². The zero-order valence-electron chi connectivity index (χ0n) is 16.4. The molecule has 0 radical (unpaired) electrons. The van der Waals surface area contributed by atoms with Crippen LogP contribution in [0.15, 0.2) is 41.3 Å². The maximum atomic E-state index is 13.0. The molecule has 0 aliphatic carbocycles. The predicted octanol–water partition coefficient (Wildman–Crippen LogP) is 3.77. The summed E-state index contributed by atoms with van der Waals surface area (Å²) in [5.41, 5.74) is 2.57. The van der Waals surface area contributed by atoms with Crippen molar-refractivity contribution in [2.24, 2.45) is 0 Å². The lowest BCUT2D eigenvalue weighted by atomic mass is 9.85. The van der Waals surface area contributed by atoms with Gasteiger partial charge in [0.15, 0.2) is 0 Å². The van der Waals surface area contributed by atoms with Gasteiger partial charge in [0.1, 0.15) is 0 Å². The summed E-state index contributed by atoms with van der Waals surface area (Å²) in [5.74, 6) is 0. The first kappa shape index (κ1) is 21.2. The van der Waals surface area contributed by atoms with Crippen molar-refractivity contribution in [2.45, 2.75) is 44.9 Å². The highest BCUT2D eigenvalue weighted by Crippen LogP contribution is 2.31. The fourth-order valence-corrected chi connectivity index (χ4v) is 4.98. The first-order chi connectivity index (χ1) is 12.2. The third kappa shape index (κ3) is 5.23. The van der Waals surface area contributed by atoms with Crippen LogP contribution in [0.1, 0.15) is 37.5 Å². The van der Waals surface area contributed by atoms with Gasteiger partial charge in [0.05, 0.1) is 22.5 Å².